The molecule has 0 aliphatic heterocycles. The number of rotatable bonds is 5. The highest BCUT2D eigenvalue weighted by Gasteiger charge is 2.27. The van der Waals surface area contributed by atoms with E-state index < -0.39 is 11.6 Å². The standard InChI is InChI=1S/C19H26F2N2/c1-3-4-5-13-6-8-14(9-7-13)12(2)19-22-17-10-15(20)16(21)11-18(17)23-19/h10-14H,3-9H2,1-2H3,(H,22,23)/t12?,13-,14+. The Morgan fingerprint density at radius 3 is 2.57 bits per heavy atom. The van der Waals surface area contributed by atoms with Gasteiger partial charge in [0.25, 0.3) is 0 Å². The summed E-state index contributed by atoms with van der Waals surface area (Å²) in [5.74, 6) is 1.01. The van der Waals surface area contributed by atoms with Gasteiger partial charge < -0.3 is 4.98 Å². The molecule has 4 heteroatoms. The van der Waals surface area contributed by atoms with Crippen LogP contribution in [0.5, 0.6) is 0 Å². The SMILES string of the molecule is CCCC[C@H]1CC[C@@H](C(C)c2nc3cc(F)c(F)cc3[nH]2)CC1. The molecule has 1 aliphatic rings. The van der Waals surface area contributed by atoms with Crippen molar-refractivity contribution in [3.63, 3.8) is 0 Å². The Balaban J connectivity index is 1.68. The maximum absolute atomic E-state index is 13.3. The van der Waals surface area contributed by atoms with E-state index in [9.17, 15) is 8.78 Å². The van der Waals surface area contributed by atoms with Crippen LogP contribution in [0.2, 0.25) is 0 Å². The Hall–Kier alpha value is -1.45. The number of hydrogen-bond acceptors (Lipinski definition) is 1. The minimum Gasteiger partial charge on any atom is -0.342 e. The van der Waals surface area contributed by atoms with Gasteiger partial charge in [0.2, 0.25) is 0 Å². The zero-order valence-electron chi connectivity index (χ0n) is 14.0. The molecular formula is C19H26F2N2. The van der Waals surface area contributed by atoms with E-state index in [1.165, 1.54) is 57.1 Å². The molecule has 0 bridgehead atoms. The average Bonchev–Trinajstić information content (AvgIpc) is 2.96. The van der Waals surface area contributed by atoms with E-state index >= 15 is 0 Å². The molecule has 0 amide bonds. The topological polar surface area (TPSA) is 28.7 Å². The zero-order valence-corrected chi connectivity index (χ0v) is 14.0. The molecule has 0 radical (unpaired) electrons. The van der Waals surface area contributed by atoms with E-state index in [1.807, 2.05) is 0 Å². The molecule has 1 fully saturated rings. The van der Waals surface area contributed by atoms with E-state index in [0.29, 0.717) is 22.9 Å². The molecule has 3 rings (SSSR count). The summed E-state index contributed by atoms with van der Waals surface area (Å²) in [7, 11) is 0. The van der Waals surface area contributed by atoms with Gasteiger partial charge in [-0.05, 0) is 24.7 Å². The Labute approximate surface area is 136 Å². The van der Waals surface area contributed by atoms with Crippen molar-refractivity contribution in [2.45, 2.75) is 64.7 Å². The Morgan fingerprint density at radius 1 is 1.17 bits per heavy atom. The van der Waals surface area contributed by atoms with Crippen LogP contribution in [0.4, 0.5) is 8.78 Å². The first-order valence-corrected chi connectivity index (χ1v) is 8.93. The lowest BCUT2D eigenvalue weighted by Crippen LogP contribution is -2.19. The van der Waals surface area contributed by atoms with Crippen molar-refractivity contribution in [1.29, 1.82) is 0 Å². The van der Waals surface area contributed by atoms with E-state index in [-0.39, 0.29) is 0 Å². The number of hydrogen-bond donors (Lipinski definition) is 1. The van der Waals surface area contributed by atoms with Gasteiger partial charge >= 0.3 is 0 Å². The number of fused-ring (bicyclic) bond motifs is 1. The molecule has 1 aromatic heterocycles. The molecule has 1 aliphatic carbocycles. The fourth-order valence-electron chi connectivity index (χ4n) is 3.93. The Morgan fingerprint density at radius 2 is 1.87 bits per heavy atom. The molecule has 1 heterocycles. The van der Waals surface area contributed by atoms with Crippen LogP contribution in [0.1, 0.15) is 70.5 Å². The third kappa shape index (κ3) is 3.56. The summed E-state index contributed by atoms with van der Waals surface area (Å²) in [6, 6.07) is 2.38. The molecule has 23 heavy (non-hydrogen) atoms. The summed E-state index contributed by atoms with van der Waals surface area (Å²) < 4.78 is 26.7. The average molecular weight is 320 g/mol. The quantitative estimate of drug-likeness (QED) is 0.725. The first-order chi connectivity index (χ1) is 11.1. The number of nitrogens with one attached hydrogen (secondary N) is 1. The summed E-state index contributed by atoms with van der Waals surface area (Å²) in [6.45, 7) is 4.43. The van der Waals surface area contributed by atoms with E-state index in [0.717, 1.165) is 11.7 Å². The predicted molar refractivity (Wildman–Crippen MR) is 89.4 cm³/mol. The van der Waals surface area contributed by atoms with Crippen molar-refractivity contribution in [3.05, 3.63) is 29.6 Å². The predicted octanol–water partition coefficient (Wildman–Crippen LogP) is 5.94. The Kier molecular flexibility index (Phi) is 4.98. The number of benzene rings is 1. The van der Waals surface area contributed by atoms with Crippen molar-refractivity contribution in [3.8, 4) is 0 Å². The van der Waals surface area contributed by atoms with Gasteiger partial charge in [0.05, 0.1) is 11.0 Å². The molecule has 1 unspecified atom stereocenters. The molecule has 1 N–H and O–H groups in total. The van der Waals surface area contributed by atoms with Gasteiger partial charge in [-0.25, -0.2) is 13.8 Å². The number of aromatic amines is 1. The minimum absolute atomic E-state index is 0.306. The lowest BCUT2D eigenvalue weighted by atomic mass is 9.75. The highest BCUT2D eigenvalue weighted by molar-refractivity contribution is 5.75. The van der Waals surface area contributed by atoms with Crippen LogP contribution in [-0.4, -0.2) is 9.97 Å². The van der Waals surface area contributed by atoms with Crippen LogP contribution >= 0.6 is 0 Å². The summed E-state index contributed by atoms with van der Waals surface area (Å²) in [5.41, 5.74) is 1.10. The zero-order chi connectivity index (χ0) is 16.4. The van der Waals surface area contributed by atoms with Crippen LogP contribution in [0, 0.1) is 23.5 Å². The van der Waals surface area contributed by atoms with Crippen molar-refractivity contribution in [2.75, 3.05) is 0 Å². The van der Waals surface area contributed by atoms with Gasteiger partial charge in [-0.1, -0.05) is 46.0 Å². The molecule has 126 valence electrons. The number of imidazole rings is 1. The largest absolute Gasteiger partial charge is 0.342 e. The third-order valence-corrected chi connectivity index (χ3v) is 5.54. The number of aromatic nitrogens is 2. The van der Waals surface area contributed by atoms with Gasteiger partial charge in [0.15, 0.2) is 11.6 Å². The number of nitrogens with zero attached hydrogens (tertiary/aromatic N) is 1. The van der Waals surface area contributed by atoms with Crippen LogP contribution in [0.15, 0.2) is 12.1 Å². The van der Waals surface area contributed by atoms with Gasteiger partial charge in [0.1, 0.15) is 5.82 Å². The van der Waals surface area contributed by atoms with Crippen LogP contribution in [0.25, 0.3) is 11.0 Å². The monoisotopic (exact) mass is 320 g/mol. The first-order valence-electron chi connectivity index (χ1n) is 8.93. The number of H-pyrrole nitrogens is 1. The maximum atomic E-state index is 13.3. The smallest absolute Gasteiger partial charge is 0.161 e. The molecule has 1 aromatic carbocycles. The van der Waals surface area contributed by atoms with E-state index in [4.69, 9.17) is 0 Å². The van der Waals surface area contributed by atoms with Crippen LogP contribution in [0.3, 0.4) is 0 Å². The lowest BCUT2D eigenvalue weighted by molar-refractivity contribution is 0.234. The normalized spacial score (nSPS) is 23.3. The van der Waals surface area contributed by atoms with Crippen molar-refractivity contribution in [2.24, 2.45) is 11.8 Å². The third-order valence-electron chi connectivity index (χ3n) is 5.54. The first kappa shape index (κ1) is 16.4. The number of halogens is 2. The van der Waals surface area contributed by atoms with Gasteiger partial charge in [-0.15, -0.1) is 0 Å². The van der Waals surface area contributed by atoms with Gasteiger partial charge in [-0.2, -0.15) is 0 Å². The molecule has 2 nitrogen and oxygen atoms in total. The van der Waals surface area contributed by atoms with Crippen molar-refractivity contribution >= 4 is 11.0 Å². The minimum atomic E-state index is -0.834. The highest BCUT2D eigenvalue weighted by atomic mass is 19.2. The lowest BCUT2D eigenvalue weighted by Gasteiger charge is -2.31. The second kappa shape index (κ2) is 6.98. The van der Waals surface area contributed by atoms with Crippen molar-refractivity contribution < 1.29 is 8.78 Å². The molecule has 1 atom stereocenters. The molecular weight excluding hydrogens is 294 g/mol. The molecule has 0 saturated heterocycles. The van der Waals surface area contributed by atoms with E-state index in [1.54, 1.807) is 0 Å². The molecule has 1 saturated carbocycles. The molecule has 2 aromatic rings. The summed E-state index contributed by atoms with van der Waals surface area (Å²) >= 11 is 0. The maximum Gasteiger partial charge on any atom is 0.161 e. The number of unbranched alkanes of at least 4 members (excludes halogenated alkanes) is 1. The summed E-state index contributed by atoms with van der Waals surface area (Å²) in [4.78, 5) is 7.68. The second-order valence-electron chi connectivity index (χ2n) is 7.12. The van der Waals surface area contributed by atoms with Crippen molar-refractivity contribution in [1.82, 2.24) is 9.97 Å². The molecule has 0 spiro atoms. The summed E-state index contributed by atoms with van der Waals surface area (Å²) in [5, 5.41) is 0. The van der Waals surface area contributed by atoms with Gasteiger partial charge in [0, 0.05) is 18.1 Å². The second-order valence-corrected chi connectivity index (χ2v) is 7.12. The van der Waals surface area contributed by atoms with Crippen LogP contribution < -0.4 is 0 Å². The fraction of sp³-hybridized carbons (Fsp3) is 0.632. The Bertz CT molecular complexity index is 618. The highest BCUT2D eigenvalue weighted by Crippen LogP contribution is 2.39. The summed E-state index contributed by atoms with van der Waals surface area (Å²) in [6.07, 6.45) is 9.05. The van der Waals surface area contributed by atoms with E-state index in [2.05, 4.69) is 23.8 Å². The van der Waals surface area contributed by atoms with Crippen LogP contribution in [-0.2, 0) is 0 Å². The van der Waals surface area contributed by atoms with Gasteiger partial charge in [-0.3, -0.25) is 0 Å². The fourth-order valence-corrected chi connectivity index (χ4v) is 3.93.